The molecule has 1 amide bonds. The fraction of sp³-hybridized carbons (Fsp3) is 0.588. The number of rotatable bonds is 6. The molecular weight excluding hydrogens is 300 g/mol. The smallest absolute Gasteiger partial charge is 0.222 e. The first-order valence-electron chi connectivity index (χ1n) is 7.76. The van der Waals surface area contributed by atoms with Gasteiger partial charge in [0.05, 0.1) is 6.54 Å². The molecule has 1 aromatic rings. The van der Waals surface area contributed by atoms with E-state index in [0.29, 0.717) is 25.5 Å². The van der Waals surface area contributed by atoms with E-state index in [9.17, 15) is 4.79 Å². The third-order valence-corrected chi connectivity index (χ3v) is 4.36. The number of carbonyl (C=O) groups is 1. The van der Waals surface area contributed by atoms with Crippen molar-refractivity contribution in [3.63, 3.8) is 0 Å². The molecule has 124 valence electrons. The zero-order chi connectivity index (χ0) is 15.2. The van der Waals surface area contributed by atoms with Crippen molar-refractivity contribution < 1.29 is 9.53 Å². The molecule has 1 aliphatic rings. The van der Waals surface area contributed by atoms with Gasteiger partial charge in [-0.2, -0.15) is 0 Å². The van der Waals surface area contributed by atoms with Crippen LogP contribution >= 0.6 is 12.4 Å². The molecule has 22 heavy (non-hydrogen) atoms. The lowest BCUT2D eigenvalue weighted by atomic mass is 9.99. The predicted octanol–water partition coefficient (Wildman–Crippen LogP) is 2.77. The molecule has 5 heteroatoms. The van der Waals surface area contributed by atoms with E-state index < -0.39 is 0 Å². The Labute approximate surface area is 139 Å². The number of hydrogen-bond acceptors (Lipinski definition) is 3. The minimum atomic E-state index is 0. The van der Waals surface area contributed by atoms with Crippen molar-refractivity contribution in [2.45, 2.75) is 38.6 Å². The molecule has 0 bridgehead atoms. The molecule has 4 nitrogen and oxygen atoms in total. The summed E-state index contributed by atoms with van der Waals surface area (Å²) < 4.78 is 5.73. The number of amides is 1. The van der Waals surface area contributed by atoms with Crippen molar-refractivity contribution in [3.05, 3.63) is 29.8 Å². The van der Waals surface area contributed by atoms with Crippen LogP contribution in [0.3, 0.4) is 0 Å². The van der Waals surface area contributed by atoms with Crippen LogP contribution in [0.25, 0.3) is 0 Å². The molecule has 0 heterocycles. The van der Waals surface area contributed by atoms with Gasteiger partial charge in [0, 0.05) is 19.5 Å². The molecule has 2 N–H and O–H groups in total. The summed E-state index contributed by atoms with van der Waals surface area (Å²) in [6.07, 6.45) is 3.86. The van der Waals surface area contributed by atoms with E-state index in [1.54, 1.807) is 4.90 Å². The fourth-order valence-electron chi connectivity index (χ4n) is 2.83. The Balaban J connectivity index is 0.00000242. The summed E-state index contributed by atoms with van der Waals surface area (Å²) in [5.41, 5.74) is 7.14. The topological polar surface area (TPSA) is 55.6 Å². The summed E-state index contributed by atoms with van der Waals surface area (Å²) in [5, 5.41) is 0. The van der Waals surface area contributed by atoms with Crippen molar-refractivity contribution in [2.75, 3.05) is 20.2 Å². The first kappa shape index (κ1) is 18.8. The van der Waals surface area contributed by atoms with Gasteiger partial charge in [-0.15, -0.1) is 12.4 Å². The Morgan fingerprint density at radius 2 is 2.09 bits per heavy atom. The lowest BCUT2D eigenvalue weighted by Gasteiger charge is -2.21. The highest BCUT2D eigenvalue weighted by Crippen LogP contribution is 2.27. The Morgan fingerprint density at radius 1 is 1.36 bits per heavy atom. The second-order valence-electron chi connectivity index (χ2n) is 5.99. The van der Waals surface area contributed by atoms with Crippen LogP contribution < -0.4 is 10.5 Å². The van der Waals surface area contributed by atoms with Gasteiger partial charge < -0.3 is 15.4 Å². The zero-order valence-corrected chi connectivity index (χ0v) is 14.3. The molecule has 0 radical (unpaired) electrons. The van der Waals surface area contributed by atoms with Crippen molar-refractivity contribution in [1.82, 2.24) is 4.90 Å². The quantitative estimate of drug-likeness (QED) is 0.874. The molecular formula is C17H27ClN2O2. The van der Waals surface area contributed by atoms with Crippen molar-refractivity contribution in [1.29, 1.82) is 0 Å². The number of nitrogens with zero attached hydrogens (tertiary/aromatic N) is 1. The molecule has 2 atom stereocenters. The summed E-state index contributed by atoms with van der Waals surface area (Å²) in [6, 6.07) is 8.12. The number of ether oxygens (including phenoxy) is 1. The molecule has 1 aliphatic carbocycles. The third kappa shape index (κ3) is 5.18. The van der Waals surface area contributed by atoms with E-state index in [-0.39, 0.29) is 24.4 Å². The number of benzene rings is 1. The predicted molar refractivity (Wildman–Crippen MR) is 91.5 cm³/mol. The van der Waals surface area contributed by atoms with E-state index in [0.717, 1.165) is 30.6 Å². The van der Waals surface area contributed by atoms with Gasteiger partial charge in [-0.1, -0.05) is 24.6 Å². The van der Waals surface area contributed by atoms with Crippen LogP contribution in [0.2, 0.25) is 0 Å². The summed E-state index contributed by atoms with van der Waals surface area (Å²) in [5.74, 6) is 1.42. The molecule has 0 aliphatic heterocycles. The van der Waals surface area contributed by atoms with Crippen LogP contribution in [0.1, 0.15) is 31.2 Å². The van der Waals surface area contributed by atoms with Crippen LogP contribution in [0.5, 0.6) is 5.75 Å². The second kappa shape index (κ2) is 9.01. The molecule has 0 unspecified atom stereocenters. The van der Waals surface area contributed by atoms with E-state index in [4.69, 9.17) is 10.5 Å². The van der Waals surface area contributed by atoms with Gasteiger partial charge in [-0.25, -0.2) is 0 Å². The van der Waals surface area contributed by atoms with Crippen LogP contribution in [0.15, 0.2) is 24.3 Å². The number of carbonyl (C=O) groups excluding carboxylic acids is 1. The average Bonchev–Trinajstić information content (AvgIpc) is 2.86. The van der Waals surface area contributed by atoms with Gasteiger partial charge in [0.1, 0.15) is 12.4 Å². The van der Waals surface area contributed by atoms with Gasteiger partial charge in [-0.05, 0) is 37.3 Å². The number of halogens is 1. The van der Waals surface area contributed by atoms with Crippen molar-refractivity contribution in [3.8, 4) is 5.75 Å². The third-order valence-electron chi connectivity index (χ3n) is 4.36. The van der Waals surface area contributed by atoms with Crippen molar-refractivity contribution in [2.24, 2.45) is 11.7 Å². The normalized spacial score (nSPS) is 20.3. The molecule has 0 saturated heterocycles. The highest BCUT2D eigenvalue weighted by Gasteiger charge is 2.27. The molecule has 0 spiro atoms. The number of hydrogen-bond donors (Lipinski definition) is 1. The van der Waals surface area contributed by atoms with Crippen LogP contribution in [-0.2, 0) is 4.79 Å². The van der Waals surface area contributed by atoms with E-state index in [2.05, 4.69) is 0 Å². The van der Waals surface area contributed by atoms with Gasteiger partial charge in [0.25, 0.3) is 0 Å². The lowest BCUT2D eigenvalue weighted by molar-refractivity contribution is -0.131. The summed E-state index contributed by atoms with van der Waals surface area (Å²) >= 11 is 0. The van der Waals surface area contributed by atoms with Gasteiger partial charge >= 0.3 is 0 Å². The minimum Gasteiger partial charge on any atom is -0.491 e. The highest BCUT2D eigenvalue weighted by molar-refractivity contribution is 5.85. The molecule has 1 aromatic carbocycles. The number of aryl methyl sites for hydroxylation is 1. The van der Waals surface area contributed by atoms with Gasteiger partial charge in [-0.3, -0.25) is 4.79 Å². The van der Waals surface area contributed by atoms with Crippen LogP contribution in [0, 0.1) is 12.8 Å². The Morgan fingerprint density at radius 3 is 2.73 bits per heavy atom. The molecule has 1 fully saturated rings. The molecule has 0 aromatic heterocycles. The van der Waals surface area contributed by atoms with Crippen LogP contribution in [-0.4, -0.2) is 37.0 Å². The first-order valence-corrected chi connectivity index (χ1v) is 7.76. The summed E-state index contributed by atoms with van der Waals surface area (Å²) in [7, 11) is 1.84. The Kier molecular flexibility index (Phi) is 7.69. The monoisotopic (exact) mass is 326 g/mol. The van der Waals surface area contributed by atoms with Crippen molar-refractivity contribution >= 4 is 18.3 Å². The maximum atomic E-state index is 12.2. The fourth-order valence-corrected chi connectivity index (χ4v) is 2.83. The standard InChI is InChI=1S/C17H26N2O2.ClH/c1-13-6-3-4-9-16(13)21-11-10-19(2)17(20)12-14-7-5-8-15(14)18;/h3-4,6,9,14-15H,5,7-8,10-12,18H2,1-2H3;1H/t14-,15+;/m0./s1. The summed E-state index contributed by atoms with van der Waals surface area (Å²) in [4.78, 5) is 13.9. The number of para-hydroxylation sites is 1. The first-order chi connectivity index (χ1) is 10.1. The van der Waals surface area contributed by atoms with E-state index >= 15 is 0 Å². The maximum absolute atomic E-state index is 12.2. The van der Waals surface area contributed by atoms with E-state index in [1.165, 1.54) is 0 Å². The van der Waals surface area contributed by atoms with E-state index in [1.807, 2.05) is 38.2 Å². The molecule has 1 saturated carbocycles. The summed E-state index contributed by atoms with van der Waals surface area (Å²) in [6.45, 7) is 3.14. The van der Waals surface area contributed by atoms with Gasteiger partial charge in [0.2, 0.25) is 5.91 Å². The second-order valence-corrected chi connectivity index (χ2v) is 5.99. The SMILES string of the molecule is Cc1ccccc1OCCN(C)C(=O)C[C@@H]1CCC[C@H]1N.Cl. The van der Waals surface area contributed by atoms with Gasteiger partial charge in [0.15, 0.2) is 0 Å². The minimum absolute atomic E-state index is 0. The lowest BCUT2D eigenvalue weighted by Crippen LogP contribution is -2.35. The largest absolute Gasteiger partial charge is 0.491 e. The zero-order valence-electron chi connectivity index (χ0n) is 13.5. The number of nitrogens with two attached hydrogens (primary N) is 1. The highest BCUT2D eigenvalue weighted by atomic mass is 35.5. The molecule has 2 rings (SSSR count). The number of likely N-dealkylation sites (N-methyl/N-ethyl adjacent to an activating group) is 1. The average molecular weight is 327 g/mol. The maximum Gasteiger partial charge on any atom is 0.222 e. The Bertz CT molecular complexity index is 481. The van der Waals surface area contributed by atoms with Crippen LogP contribution in [0.4, 0.5) is 0 Å². The Hall–Kier alpha value is -1.26.